The van der Waals surface area contributed by atoms with E-state index >= 15 is 0 Å². The van der Waals surface area contributed by atoms with Crippen molar-refractivity contribution in [2.45, 2.75) is 69.2 Å². The van der Waals surface area contributed by atoms with Gasteiger partial charge in [0.15, 0.2) is 6.23 Å². The summed E-state index contributed by atoms with van der Waals surface area (Å²) in [5.74, 6) is -0.753. The number of aromatic amines is 1. The molecule has 1 aromatic heterocycles. The molecule has 2 aromatic carbocycles. The van der Waals surface area contributed by atoms with Crippen LogP contribution in [0.5, 0.6) is 0 Å². The fraction of sp³-hybridized carbons (Fsp3) is 0.379. The van der Waals surface area contributed by atoms with Gasteiger partial charge in [0.05, 0.1) is 12.1 Å². The molecule has 11 nitrogen and oxygen atoms in total. The van der Waals surface area contributed by atoms with Gasteiger partial charge in [-0.3, -0.25) is 23.9 Å². The van der Waals surface area contributed by atoms with Crippen LogP contribution in [0, 0.1) is 0 Å². The highest BCUT2D eigenvalue weighted by Crippen LogP contribution is 2.30. The number of aromatic nitrogens is 2. The monoisotopic (exact) mass is 550 g/mol. The summed E-state index contributed by atoms with van der Waals surface area (Å²) < 4.78 is 6.67. The van der Waals surface area contributed by atoms with Crippen LogP contribution < -0.4 is 21.9 Å². The van der Waals surface area contributed by atoms with Gasteiger partial charge in [-0.05, 0) is 24.0 Å². The van der Waals surface area contributed by atoms with Gasteiger partial charge >= 0.3 is 5.69 Å². The molecule has 0 unspecified atom stereocenters. The lowest BCUT2D eigenvalue weighted by Crippen LogP contribution is -2.49. The predicted molar refractivity (Wildman–Crippen MR) is 146 cm³/mol. The third-order valence-electron chi connectivity index (χ3n) is 6.98. The molecule has 0 bridgehead atoms. The number of aliphatic hydroxyl groups excluding tert-OH is 2. The molecule has 0 aliphatic carbocycles. The molecule has 6 atom stereocenters. The van der Waals surface area contributed by atoms with Crippen molar-refractivity contribution in [3.63, 3.8) is 0 Å². The lowest BCUT2D eigenvalue weighted by atomic mass is 10.0. The highest BCUT2D eigenvalue weighted by atomic mass is 16.6. The van der Waals surface area contributed by atoms with Crippen molar-refractivity contribution in [2.75, 3.05) is 0 Å². The third kappa shape index (κ3) is 7.12. The molecule has 40 heavy (non-hydrogen) atoms. The minimum atomic E-state index is -1.45. The zero-order valence-corrected chi connectivity index (χ0v) is 22.1. The Labute approximate surface area is 230 Å². The molecule has 1 fully saturated rings. The van der Waals surface area contributed by atoms with E-state index in [2.05, 4.69) is 15.6 Å². The summed E-state index contributed by atoms with van der Waals surface area (Å²) in [6, 6.07) is 19.0. The average Bonchev–Trinajstić information content (AvgIpc) is 3.24. The van der Waals surface area contributed by atoms with Crippen LogP contribution in [0.3, 0.4) is 0 Å². The quantitative estimate of drug-likeness (QED) is 0.237. The second kappa shape index (κ2) is 13.3. The van der Waals surface area contributed by atoms with Crippen LogP contribution in [0.4, 0.5) is 0 Å². The summed E-state index contributed by atoms with van der Waals surface area (Å²) in [5, 5.41) is 26.8. The predicted octanol–water partition coefficient (Wildman–Crippen LogP) is 0.931. The van der Waals surface area contributed by atoms with E-state index in [1.165, 1.54) is 6.20 Å². The smallest absolute Gasteiger partial charge is 0.330 e. The number of H-pyrrole nitrogens is 1. The van der Waals surface area contributed by atoms with E-state index in [4.69, 9.17) is 4.74 Å². The van der Waals surface area contributed by atoms with Gasteiger partial charge in [0.1, 0.15) is 18.2 Å². The summed E-state index contributed by atoms with van der Waals surface area (Å²) in [6.45, 7) is 1.97. The normalized spacial score (nSPS) is 21.9. The van der Waals surface area contributed by atoms with Crippen LogP contribution in [0.1, 0.15) is 49.6 Å². The first-order chi connectivity index (χ1) is 19.3. The summed E-state index contributed by atoms with van der Waals surface area (Å²) in [5.41, 5.74) is 0.441. The molecule has 1 saturated heterocycles. The minimum Gasteiger partial charge on any atom is -0.388 e. The Morgan fingerprint density at radius 2 is 1.65 bits per heavy atom. The Morgan fingerprint density at radius 3 is 2.30 bits per heavy atom. The van der Waals surface area contributed by atoms with Gasteiger partial charge in [0.25, 0.3) is 5.56 Å². The number of ether oxygens (including phenoxy) is 1. The van der Waals surface area contributed by atoms with Crippen molar-refractivity contribution in [2.24, 2.45) is 0 Å². The molecule has 212 valence electrons. The molecule has 2 amide bonds. The Morgan fingerprint density at radius 1 is 0.975 bits per heavy atom. The molecule has 2 heterocycles. The fourth-order valence-corrected chi connectivity index (χ4v) is 4.80. The first-order valence-electron chi connectivity index (χ1n) is 13.3. The largest absolute Gasteiger partial charge is 0.388 e. The number of amides is 2. The Balaban J connectivity index is 1.40. The van der Waals surface area contributed by atoms with Crippen molar-refractivity contribution < 1.29 is 24.5 Å². The first kappa shape index (κ1) is 28.9. The fourth-order valence-electron chi connectivity index (χ4n) is 4.80. The number of rotatable bonds is 11. The van der Waals surface area contributed by atoms with Crippen molar-refractivity contribution in [3.05, 3.63) is 105 Å². The van der Waals surface area contributed by atoms with Gasteiger partial charge in [-0.2, -0.15) is 0 Å². The number of hydrogen-bond donors (Lipinski definition) is 5. The lowest BCUT2D eigenvalue weighted by Gasteiger charge is -2.24. The standard InChI is InChI=1S/C29H34N4O7/c1-2-20(19-11-7-4-8-12-19)31-27(38)21(17-18-9-5-3-6-10-18)30-23(34)14-13-22-25(36)26(37)28(40-22)33-16-15-24(35)32-29(33)39/h3-12,15-16,20-22,25-26,28,36-37H,2,13-14,17H2,1H3,(H,30,34)(H,31,38)(H,32,35,39)/t20-,21+,22-,25-,26-,28-/m1/s1. The van der Waals surface area contributed by atoms with Crippen LogP contribution in [0.25, 0.3) is 0 Å². The zero-order chi connectivity index (χ0) is 28.6. The maximum Gasteiger partial charge on any atom is 0.330 e. The highest BCUT2D eigenvalue weighted by Gasteiger charge is 2.44. The summed E-state index contributed by atoms with van der Waals surface area (Å²) in [6.07, 6.45) is -2.95. The number of nitrogens with one attached hydrogen (secondary N) is 3. The van der Waals surface area contributed by atoms with Gasteiger partial charge in [-0.15, -0.1) is 0 Å². The maximum absolute atomic E-state index is 13.4. The highest BCUT2D eigenvalue weighted by molar-refractivity contribution is 5.88. The lowest BCUT2D eigenvalue weighted by molar-refractivity contribution is -0.130. The number of nitrogens with zero attached hydrogens (tertiary/aromatic N) is 1. The van der Waals surface area contributed by atoms with Gasteiger partial charge in [0, 0.05) is 25.1 Å². The van der Waals surface area contributed by atoms with Crippen LogP contribution in [-0.4, -0.2) is 55.9 Å². The second-order valence-corrected chi connectivity index (χ2v) is 9.79. The zero-order valence-electron chi connectivity index (χ0n) is 22.1. The van der Waals surface area contributed by atoms with Crippen LogP contribution in [0.15, 0.2) is 82.5 Å². The molecule has 4 rings (SSSR count). The van der Waals surface area contributed by atoms with Gasteiger partial charge in [-0.25, -0.2) is 4.79 Å². The van der Waals surface area contributed by atoms with Crippen molar-refractivity contribution in [1.29, 1.82) is 0 Å². The van der Waals surface area contributed by atoms with E-state index in [-0.39, 0.29) is 31.2 Å². The van der Waals surface area contributed by atoms with Crippen LogP contribution in [0.2, 0.25) is 0 Å². The first-order valence-corrected chi connectivity index (χ1v) is 13.3. The van der Waals surface area contributed by atoms with Crippen molar-refractivity contribution in [3.8, 4) is 0 Å². The maximum atomic E-state index is 13.4. The molecule has 3 aromatic rings. The molecule has 0 radical (unpaired) electrons. The molecule has 5 N–H and O–H groups in total. The summed E-state index contributed by atoms with van der Waals surface area (Å²) in [7, 11) is 0. The molecule has 1 aliphatic rings. The van der Waals surface area contributed by atoms with E-state index in [9.17, 15) is 29.4 Å². The number of carbonyl (C=O) groups excluding carboxylic acids is 2. The molecule has 11 heteroatoms. The van der Waals surface area contributed by atoms with Gasteiger partial charge in [0.2, 0.25) is 11.8 Å². The van der Waals surface area contributed by atoms with Crippen molar-refractivity contribution in [1.82, 2.24) is 20.2 Å². The molecular weight excluding hydrogens is 516 g/mol. The number of benzene rings is 2. The van der Waals surface area contributed by atoms with Crippen LogP contribution in [-0.2, 0) is 20.7 Å². The second-order valence-electron chi connectivity index (χ2n) is 9.79. The van der Waals surface area contributed by atoms with Gasteiger partial charge in [-0.1, -0.05) is 67.6 Å². The van der Waals surface area contributed by atoms with E-state index in [1.54, 1.807) is 0 Å². The van der Waals surface area contributed by atoms with E-state index < -0.39 is 47.7 Å². The molecule has 0 spiro atoms. The molecule has 1 aliphatic heterocycles. The average molecular weight is 551 g/mol. The Kier molecular flexibility index (Phi) is 9.65. The summed E-state index contributed by atoms with van der Waals surface area (Å²) >= 11 is 0. The number of hydrogen-bond acceptors (Lipinski definition) is 7. The Hall–Kier alpha value is -4.06. The Bertz CT molecular complexity index is 1390. The van der Waals surface area contributed by atoms with Crippen molar-refractivity contribution >= 4 is 11.8 Å². The SMILES string of the molecule is CC[C@@H](NC(=O)[C@H](Cc1ccccc1)NC(=O)CC[C@H]1O[C@@H](n2ccc(=O)[nH]c2=O)[C@H](O)[C@@H]1O)c1ccccc1. The minimum absolute atomic E-state index is 0.0277. The van der Waals surface area contributed by atoms with E-state index in [0.717, 1.165) is 21.8 Å². The number of carbonyl (C=O) groups is 2. The molecule has 0 saturated carbocycles. The van der Waals surface area contributed by atoms with E-state index in [0.29, 0.717) is 6.42 Å². The topological polar surface area (TPSA) is 163 Å². The third-order valence-corrected chi connectivity index (χ3v) is 6.98. The van der Waals surface area contributed by atoms with Gasteiger partial charge < -0.3 is 25.6 Å². The van der Waals surface area contributed by atoms with E-state index in [1.807, 2.05) is 67.6 Å². The van der Waals surface area contributed by atoms with Crippen LogP contribution >= 0.6 is 0 Å². The summed E-state index contributed by atoms with van der Waals surface area (Å²) in [4.78, 5) is 51.9. The molecular formula is C29H34N4O7. The number of aliphatic hydroxyl groups is 2.